The molecule has 0 aromatic carbocycles. The first kappa shape index (κ1) is 17.0. The molecule has 0 aliphatic heterocycles. The zero-order valence-electron chi connectivity index (χ0n) is 11.7. The van der Waals surface area contributed by atoms with Crippen molar-refractivity contribution in [3.8, 4) is 0 Å². The third-order valence-corrected chi connectivity index (χ3v) is 3.21. The van der Waals surface area contributed by atoms with Crippen molar-refractivity contribution in [1.82, 2.24) is 4.90 Å². The topological polar surface area (TPSA) is 46.6 Å². The maximum Gasteiger partial charge on any atom is 0.325 e. The van der Waals surface area contributed by atoms with Gasteiger partial charge in [0.05, 0.1) is 12.4 Å². The first-order chi connectivity index (χ1) is 8.30. The number of carbonyl (C=O) groups excluding carboxylic acids is 2. The van der Waals surface area contributed by atoms with Crippen molar-refractivity contribution < 1.29 is 14.3 Å². The fraction of sp³-hybridized carbons (Fsp3) is 0.692. The van der Waals surface area contributed by atoms with Gasteiger partial charge in [-0.3, -0.25) is 9.59 Å². The average molecular weight is 273 g/mol. The summed E-state index contributed by atoms with van der Waals surface area (Å²) in [5, 5.41) is 0. The third-order valence-electron chi connectivity index (χ3n) is 1.96. The summed E-state index contributed by atoms with van der Waals surface area (Å²) in [7, 11) is 0. The predicted molar refractivity (Wildman–Crippen MR) is 75.6 cm³/mol. The van der Waals surface area contributed by atoms with E-state index in [1.165, 1.54) is 4.90 Å². The lowest BCUT2D eigenvalue weighted by Gasteiger charge is -2.23. The Morgan fingerprint density at radius 1 is 1.39 bits per heavy atom. The summed E-state index contributed by atoms with van der Waals surface area (Å²) in [5.41, 5.74) is 0. The van der Waals surface area contributed by atoms with Crippen LogP contribution < -0.4 is 0 Å². The molecule has 0 rings (SSSR count). The SMILES string of the molecule is C=CCN(CC(=O)OCC)C(=O)CSC(C)(C)C. The highest BCUT2D eigenvalue weighted by Crippen LogP contribution is 2.23. The Bertz CT molecular complexity index is 297. The second kappa shape index (κ2) is 8.19. The standard InChI is InChI=1S/C13H23NO3S/c1-6-8-14(9-12(16)17-7-2)11(15)10-18-13(3,4)5/h6H,1,7-10H2,2-5H3. The Morgan fingerprint density at radius 2 is 2.00 bits per heavy atom. The summed E-state index contributed by atoms with van der Waals surface area (Å²) in [6.07, 6.45) is 1.61. The van der Waals surface area contributed by atoms with Crippen LogP contribution in [0.3, 0.4) is 0 Å². The maximum atomic E-state index is 12.0. The van der Waals surface area contributed by atoms with Crippen LogP contribution in [0.5, 0.6) is 0 Å². The van der Waals surface area contributed by atoms with Gasteiger partial charge in [-0.1, -0.05) is 26.8 Å². The molecule has 0 atom stereocenters. The number of thioether (sulfide) groups is 1. The van der Waals surface area contributed by atoms with Gasteiger partial charge in [0.25, 0.3) is 0 Å². The molecule has 0 fully saturated rings. The highest BCUT2D eigenvalue weighted by atomic mass is 32.2. The van der Waals surface area contributed by atoms with Crippen LogP contribution in [0.15, 0.2) is 12.7 Å². The van der Waals surface area contributed by atoms with Gasteiger partial charge in [-0.25, -0.2) is 0 Å². The second-order valence-corrected chi connectivity index (χ2v) is 6.57. The summed E-state index contributed by atoms with van der Waals surface area (Å²) in [5.74, 6) is -0.0900. The average Bonchev–Trinajstić information content (AvgIpc) is 2.24. The molecule has 0 radical (unpaired) electrons. The van der Waals surface area contributed by atoms with Gasteiger partial charge in [-0.05, 0) is 6.92 Å². The van der Waals surface area contributed by atoms with Crippen LogP contribution in [0.25, 0.3) is 0 Å². The van der Waals surface area contributed by atoms with Crippen molar-refractivity contribution in [1.29, 1.82) is 0 Å². The van der Waals surface area contributed by atoms with Crippen molar-refractivity contribution in [3.63, 3.8) is 0 Å². The van der Waals surface area contributed by atoms with E-state index < -0.39 is 0 Å². The molecule has 18 heavy (non-hydrogen) atoms. The molecule has 0 aromatic rings. The molecule has 1 amide bonds. The number of nitrogens with zero attached hydrogens (tertiary/aromatic N) is 1. The number of carbonyl (C=O) groups is 2. The lowest BCUT2D eigenvalue weighted by Crippen LogP contribution is -2.38. The molecule has 0 spiro atoms. The van der Waals surface area contributed by atoms with Gasteiger partial charge < -0.3 is 9.64 Å². The zero-order chi connectivity index (χ0) is 14.2. The smallest absolute Gasteiger partial charge is 0.325 e. The van der Waals surface area contributed by atoms with Crippen LogP contribution in [-0.2, 0) is 14.3 Å². The number of esters is 1. The molecule has 0 unspecified atom stereocenters. The highest BCUT2D eigenvalue weighted by molar-refractivity contribution is 8.01. The monoisotopic (exact) mass is 273 g/mol. The second-order valence-electron chi connectivity index (χ2n) is 4.77. The molecule has 4 nitrogen and oxygen atoms in total. The third kappa shape index (κ3) is 8.17. The van der Waals surface area contributed by atoms with Gasteiger partial charge in [0.1, 0.15) is 6.54 Å². The lowest BCUT2D eigenvalue weighted by molar-refractivity contribution is -0.147. The Kier molecular flexibility index (Phi) is 7.75. The van der Waals surface area contributed by atoms with Crippen LogP contribution in [-0.4, -0.2) is 47.0 Å². The molecular formula is C13H23NO3S. The van der Waals surface area contributed by atoms with Gasteiger partial charge in [-0.2, -0.15) is 0 Å². The summed E-state index contributed by atoms with van der Waals surface area (Å²) in [6.45, 7) is 12.2. The minimum Gasteiger partial charge on any atom is -0.465 e. The van der Waals surface area contributed by atoms with Crippen molar-refractivity contribution in [2.45, 2.75) is 32.4 Å². The van der Waals surface area contributed by atoms with Gasteiger partial charge in [0, 0.05) is 11.3 Å². The molecule has 0 aromatic heterocycles. The molecule has 0 bridgehead atoms. The Morgan fingerprint density at radius 3 is 2.44 bits per heavy atom. The molecule has 0 N–H and O–H groups in total. The first-order valence-corrected chi connectivity index (χ1v) is 6.97. The van der Waals surface area contributed by atoms with Gasteiger partial charge in [-0.15, -0.1) is 18.3 Å². The van der Waals surface area contributed by atoms with E-state index in [0.29, 0.717) is 18.9 Å². The molecule has 0 saturated carbocycles. The van der Waals surface area contributed by atoms with Gasteiger partial charge in [0.15, 0.2) is 0 Å². The minimum atomic E-state index is -0.381. The van der Waals surface area contributed by atoms with Crippen LogP contribution in [0.2, 0.25) is 0 Å². The van der Waals surface area contributed by atoms with E-state index in [9.17, 15) is 9.59 Å². The maximum absolute atomic E-state index is 12.0. The van der Waals surface area contributed by atoms with Crippen LogP contribution >= 0.6 is 11.8 Å². The quantitative estimate of drug-likeness (QED) is 0.526. The number of amides is 1. The number of hydrogen-bond acceptors (Lipinski definition) is 4. The van der Waals surface area contributed by atoms with Gasteiger partial charge >= 0.3 is 5.97 Å². The Balaban J connectivity index is 4.35. The van der Waals surface area contributed by atoms with Crippen LogP contribution in [0.1, 0.15) is 27.7 Å². The van der Waals surface area contributed by atoms with E-state index in [4.69, 9.17) is 4.74 Å². The minimum absolute atomic E-state index is 0.0105. The van der Waals surface area contributed by atoms with E-state index in [1.807, 2.05) is 20.8 Å². The summed E-state index contributed by atoms with van der Waals surface area (Å²) < 4.78 is 4.87. The molecular weight excluding hydrogens is 250 g/mol. The van der Waals surface area contributed by atoms with E-state index in [1.54, 1.807) is 24.8 Å². The van der Waals surface area contributed by atoms with E-state index >= 15 is 0 Å². The van der Waals surface area contributed by atoms with E-state index in [2.05, 4.69) is 6.58 Å². The Hall–Kier alpha value is -0.970. The number of ether oxygens (including phenoxy) is 1. The fourth-order valence-electron chi connectivity index (χ4n) is 1.14. The van der Waals surface area contributed by atoms with E-state index in [0.717, 1.165) is 0 Å². The van der Waals surface area contributed by atoms with E-state index in [-0.39, 0.29) is 23.2 Å². The van der Waals surface area contributed by atoms with Crippen molar-refractivity contribution in [2.75, 3.05) is 25.4 Å². The molecule has 104 valence electrons. The summed E-state index contributed by atoms with van der Waals surface area (Å²) in [4.78, 5) is 24.8. The number of hydrogen-bond donors (Lipinski definition) is 0. The molecule has 5 heteroatoms. The molecule has 0 saturated heterocycles. The lowest BCUT2D eigenvalue weighted by atomic mass is 10.3. The van der Waals surface area contributed by atoms with Crippen LogP contribution in [0.4, 0.5) is 0 Å². The van der Waals surface area contributed by atoms with Crippen molar-refractivity contribution in [3.05, 3.63) is 12.7 Å². The van der Waals surface area contributed by atoms with Gasteiger partial charge in [0.2, 0.25) is 5.91 Å². The van der Waals surface area contributed by atoms with Crippen molar-refractivity contribution >= 4 is 23.6 Å². The predicted octanol–water partition coefficient (Wildman–Crippen LogP) is 2.10. The molecule has 0 aliphatic carbocycles. The van der Waals surface area contributed by atoms with Crippen molar-refractivity contribution in [2.24, 2.45) is 0 Å². The summed E-state index contributed by atoms with van der Waals surface area (Å²) >= 11 is 1.56. The number of rotatable bonds is 7. The summed E-state index contributed by atoms with van der Waals surface area (Å²) in [6, 6.07) is 0. The normalized spacial score (nSPS) is 10.9. The molecule has 0 aliphatic rings. The first-order valence-electron chi connectivity index (χ1n) is 5.98. The zero-order valence-corrected chi connectivity index (χ0v) is 12.5. The Labute approximate surface area is 114 Å². The largest absolute Gasteiger partial charge is 0.465 e. The fourth-order valence-corrected chi connectivity index (χ4v) is 1.88. The highest BCUT2D eigenvalue weighted by Gasteiger charge is 2.19. The molecule has 0 heterocycles. The van der Waals surface area contributed by atoms with Crippen LogP contribution in [0, 0.1) is 0 Å².